The Bertz CT molecular complexity index is 2030. The third-order valence-electron chi connectivity index (χ3n) is 10.3. The molecule has 0 spiro atoms. The zero-order valence-corrected chi connectivity index (χ0v) is 30.3. The zero-order valence-electron chi connectivity index (χ0n) is 30.3. The van der Waals surface area contributed by atoms with E-state index < -0.39 is 0 Å². The third-order valence-corrected chi connectivity index (χ3v) is 10.3. The van der Waals surface area contributed by atoms with E-state index in [4.69, 9.17) is 28.9 Å². The maximum Gasteiger partial charge on any atom is 0.410 e. The minimum absolute atomic E-state index is 0.184. The summed E-state index contributed by atoms with van der Waals surface area (Å²) in [6, 6.07) is 31.0. The summed E-state index contributed by atoms with van der Waals surface area (Å²) in [5.74, 6) is 2.45. The van der Waals surface area contributed by atoms with Crippen LogP contribution in [0.25, 0.3) is 22.2 Å². The SMILES string of the molecule is COCOc1cc(N2CCc3c(nc(-c4cccc(CN5CCOCC5)c4)nc3N3CCN(C(=O)OCc4ccccc4)CC3)C2)c2ccccc2c1. The van der Waals surface area contributed by atoms with Crippen molar-refractivity contribution in [2.45, 2.75) is 26.1 Å². The van der Waals surface area contributed by atoms with Crippen molar-refractivity contribution in [3.63, 3.8) is 0 Å². The van der Waals surface area contributed by atoms with Gasteiger partial charge in [0.05, 0.1) is 25.5 Å². The maximum atomic E-state index is 13.0. The first kappa shape index (κ1) is 34.8. The number of carbonyl (C=O) groups is 1. The molecule has 0 unspecified atom stereocenters. The van der Waals surface area contributed by atoms with Crippen molar-refractivity contribution < 1.29 is 23.7 Å². The second kappa shape index (κ2) is 16.2. The summed E-state index contributed by atoms with van der Waals surface area (Å²) >= 11 is 0. The summed E-state index contributed by atoms with van der Waals surface area (Å²) in [7, 11) is 1.63. The van der Waals surface area contributed by atoms with Crippen LogP contribution in [0.1, 0.15) is 22.4 Å². The predicted molar refractivity (Wildman–Crippen MR) is 205 cm³/mol. The van der Waals surface area contributed by atoms with Crippen molar-refractivity contribution in [1.82, 2.24) is 19.8 Å². The number of anilines is 2. The van der Waals surface area contributed by atoms with Crippen LogP contribution in [0.3, 0.4) is 0 Å². The molecule has 3 aliphatic rings. The molecule has 53 heavy (non-hydrogen) atoms. The topological polar surface area (TPSA) is 92.7 Å². The van der Waals surface area contributed by atoms with Crippen LogP contribution in [0.5, 0.6) is 5.75 Å². The van der Waals surface area contributed by atoms with Crippen LogP contribution in [-0.2, 0) is 40.3 Å². The first-order chi connectivity index (χ1) is 26.1. The number of hydrogen-bond acceptors (Lipinski definition) is 10. The lowest BCUT2D eigenvalue weighted by atomic mass is 10.0. The number of carbonyl (C=O) groups excluding carboxylic acids is 1. The lowest BCUT2D eigenvalue weighted by Gasteiger charge is -2.38. The number of aromatic nitrogens is 2. The number of fused-ring (bicyclic) bond motifs is 2. The molecule has 2 fully saturated rings. The molecule has 0 bridgehead atoms. The lowest BCUT2D eigenvalue weighted by Crippen LogP contribution is -2.49. The summed E-state index contributed by atoms with van der Waals surface area (Å²) < 4.78 is 22.4. The van der Waals surface area contributed by atoms with Crippen LogP contribution in [0.4, 0.5) is 16.3 Å². The van der Waals surface area contributed by atoms with Gasteiger partial charge in [0.1, 0.15) is 18.2 Å². The Morgan fingerprint density at radius 3 is 2.42 bits per heavy atom. The highest BCUT2D eigenvalue weighted by atomic mass is 16.7. The van der Waals surface area contributed by atoms with E-state index >= 15 is 0 Å². The van der Waals surface area contributed by atoms with Crippen molar-refractivity contribution in [3.05, 3.63) is 113 Å². The highest BCUT2D eigenvalue weighted by molar-refractivity contribution is 5.96. The summed E-state index contributed by atoms with van der Waals surface area (Å²) in [6.45, 7) is 8.58. The minimum atomic E-state index is -0.282. The van der Waals surface area contributed by atoms with Gasteiger partial charge in [-0.3, -0.25) is 4.90 Å². The van der Waals surface area contributed by atoms with Crippen molar-refractivity contribution in [2.24, 2.45) is 0 Å². The van der Waals surface area contributed by atoms with Gasteiger partial charge in [-0.1, -0.05) is 72.8 Å². The van der Waals surface area contributed by atoms with Gasteiger partial charge >= 0.3 is 6.09 Å². The molecule has 1 aromatic heterocycles. The fraction of sp³-hybridized carbons (Fsp3) is 0.357. The average molecular weight is 715 g/mol. The first-order valence-electron chi connectivity index (χ1n) is 18.5. The molecule has 0 saturated carbocycles. The Morgan fingerprint density at radius 1 is 0.792 bits per heavy atom. The molecule has 8 rings (SSSR count). The van der Waals surface area contributed by atoms with Gasteiger partial charge in [0, 0.05) is 87.7 Å². The van der Waals surface area contributed by atoms with Gasteiger partial charge in [0.15, 0.2) is 12.6 Å². The first-order valence-corrected chi connectivity index (χ1v) is 18.5. The Hall–Kier alpha value is -5.23. The quantitative estimate of drug-likeness (QED) is 0.157. The van der Waals surface area contributed by atoms with E-state index in [-0.39, 0.29) is 19.5 Å². The monoisotopic (exact) mass is 714 g/mol. The van der Waals surface area contributed by atoms with E-state index in [2.05, 4.69) is 75.4 Å². The standard InChI is InChI=1S/C42H46N6O5/c1-50-30-53-35-25-33-11-5-6-13-36(33)39(26-35)48-15-14-37-38(28-48)43-40(34-12-7-10-32(24-34)27-45-20-22-51-23-21-45)44-41(37)46-16-18-47(19-17-46)42(49)52-29-31-8-3-2-4-9-31/h2-13,24-26H,14-23,27-30H2,1H3. The molecule has 0 aliphatic carbocycles. The Kier molecular flexibility index (Phi) is 10.6. The van der Waals surface area contributed by atoms with E-state index in [1.54, 1.807) is 12.0 Å². The van der Waals surface area contributed by atoms with Gasteiger partial charge < -0.3 is 33.6 Å². The highest BCUT2D eigenvalue weighted by Gasteiger charge is 2.30. The van der Waals surface area contributed by atoms with E-state index in [9.17, 15) is 4.79 Å². The number of nitrogens with zero attached hydrogens (tertiary/aromatic N) is 6. The van der Waals surface area contributed by atoms with Crippen LogP contribution in [0, 0.1) is 0 Å². The number of rotatable bonds is 10. The van der Waals surface area contributed by atoms with Crippen molar-refractivity contribution in [1.29, 1.82) is 0 Å². The van der Waals surface area contributed by atoms with Gasteiger partial charge in [0.25, 0.3) is 0 Å². The maximum absolute atomic E-state index is 13.0. The lowest BCUT2D eigenvalue weighted by molar-refractivity contribution is 0.0342. The summed E-state index contributed by atoms with van der Waals surface area (Å²) in [5.41, 5.74) is 6.51. The van der Waals surface area contributed by atoms with Crippen LogP contribution in [0.15, 0.2) is 91.0 Å². The van der Waals surface area contributed by atoms with E-state index in [0.29, 0.717) is 32.7 Å². The molecule has 4 heterocycles. The van der Waals surface area contributed by atoms with Gasteiger partial charge in [-0.2, -0.15) is 0 Å². The smallest absolute Gasteiger partial charge is 0.410 e. The second-order valence-electron chi connectivity index (χ2n) is 13.8. The average Bonchev–Trinajstić information content (AvgIpc) is 3.22. The van der Waals surface area contributed by atoms with E-state index in [1.165, 1.54) is 16.5 Å². The Balaban J connectivity index is 1.08. The van der Waals surface area contributed by atoms with Crippen molar-refractivity contribution in [2.75, 3.05) is 82.7 Å². The van der Waals surface area contributed by atoms with Gasteiger partial charge in [-0.15, -0.1) is 0 Å². The number of piperazine rings is 1. The van der Waals surface area contributed by atoms with Gasteiger partial charge in [0.2, 0.25) is 0 Å². The molecule has 0 radical (unpaired) electrons. The van der Waals surface area contributed by atoms with Crippen LogP contribution < -0.4 is 14.5 Å². The summed E-state index contributed by atoms with van der Waals surface area (Å²) in [5, 5.41) is 2.28. The fourth-order valence-electron chi connectivity index (χ4n) is 7.48. The molecule has 0 atom stereocenters. The molecule has 1 amide bonds. The number of methoxy groups -OCH3 is 1. The molecule has 3 aliphatic heterocycles. The number of benzene rings is 4. The Morgan fingerprint density at radius 2 is 1.58 bits per heavy atom. The molecule has 0 N–H and O–H groups in total. The fourth-order valence-corrected chi connectivity index (χ4v) is 7.48. The minimum Gasteiger partial charge on any atom is -0.467 e. The van der Waals surface area contributed by atoms with Crippen molar-refractivity contribution in [3.8, 4) is 17.1 Å². The highest BCUT2D eigenvalue weighted by Crippen LogP contribution is 2.37. The molecule has 11 heteroatoms. The zero-order chi connectivity index (χ0) is 36.0. The number of amides is 1. The molecular formula is C42H46N6O5. The largest absolute Gasteiger partial charge is 0.467 e. The van der Waals surface area contributed by atoms with Crippen LogP contribution in [-0.4, -0.2) is 98.8 Å². The third kappa shape index (κ3) is 8.07. The van der Waals surface area contributed by atoms with Crippen molar-refractivity contribution >= 4 is 28.4 Å². The summed E-state index contributed by atoms with van der Waals surface area (Å²) in [6.07, 6.45) is 0.509. The van der Waals surface area contributed by atoms with Gasteiger partial charge in [-0.05, 0) is 35.1 Å². The molecule has 2 saturated heterocycles. The van der Waals surface area contributed by atoms with E-state index in [0.717, 1.165) is 91.1 Å². The predicted octanol–water partition coefficient (Wildman–Crippen LogP) is 6.13. The molecular weight excluding hydrogens is 668 g/mol. The number of hydrogen-bond donors (Lipinski definition) is 0. The molecule has 5 aromatic rings. The number of morpholine rings is 1. The Labute approximate surface area is 310 Å². The molecule has 4 aromatic carbocycles. The normalized spacial score (nSPS) is 16.4. The van der Waals surface area contributed by atoms with E-state index in [1.807, 2.05) is 30.3 Å². The van der Waals surface area contributed by atoms with Crippen LogP contribution in [0.2, 0.25) is 0 Å². The number of ether oxygens (including phenoxy) is 4. The molecule has 11 nitrogen and oxygen atoms in total. The summed E-state index contributed by atoms with van der Waals surface area (Å²) in [4.78, 5) is 32.6. The van der Waals surface area contributed by atoms with Crippen LogP contribution >= 0.6 is 0 Å². The van der Waals surface area contributed by atoms with Gasteiger partial charge in [-0.25, -0.2) is 14.8 Å². The molecule has 274 valence electrons. The second-order valence-corrected chi connectivity index (χ2v) is 13.8.